The molecule has 0 bridgehead atoms. The van der Waals surface area contributed by atoms with Crippen LogP contribution in [0.25, 0.3) is 0 Å². The van der Waals surface area contributed by atoms with Gasteiger partial charge in [0.1, 0.15) is 0 Å². The van der Waals surface area contributed by atoms with Gasteiger partial charge in [-0.25, -0.2) is 4.98 Å². The Kier molecular flexibility index (Phi) is 3.96. The Bertz CT molecular complexity index is 324. The van der Waals surface area contributed by atoms with Gasteiger partial charge in [0.25, 0.3) is 0 Å². The molecule has 1 saturated carbocycles. The molecule has 1 fully saturated rings. The number of nitrogens with zero attached hydrogens (tertiary/aromatic N) is 2. The highest BCUT2D eigenvalue weighted by Crippen LogP contribution is 2.21. The van der Waals surface area contributed by atoms with Crippen LogP contribution >= 0.6 is 0 Å². The van der Waals surface area contributed by atoms with Crippen molar-refractivity contribution in [1.29, 1.82) is 0 Å². The van der Waals surface area contributed by atoms with Gasteiger partial charge < -0.3 is 14.6 Å². The van der Waals surface area contributed by atoms with E-state index < -0.39 is 0 Å². The van der Waals surface area contributed by atoms with Crippen LogP contribution in [0.15, 0.2) is 12.5 Å². The van der Waals surface area contributed by atoms with E-state index in [-0.39, 0.29) is 0 Å². The SMILES string of the molecule is CCn1cncc1CNC1CCC(OC)C1. The van der Waals surface area contributed by atoms with Crippen molar-refractivity contribution in [3.63, 3.8) is 0 Å². The highest BCUT2D eigenvalue weighted by molar-refractivity contribution is 4.98. The number of methoxy groups -OCH3 is 1. The summed E-state index contributed by atoms with van der Waals surface area (Å²) in [6.45, 7) is 4.04. The van der Waals surface area contributed by atoms with Gasteiger partial charge in [-0.15, -0.1) is 0 Å². The summed E-state index contributed by atoms with van der Waals surface area (Å²) in [6.07, 6.45) is 7.83. The van der Waals surface area contributed by atoms with Gasteiger partial charge in [0.05, 0.1) is 18.1 Å². The third-order valence-corrected chi connectivity index (χ3v) is 3.43. The Hall–Kier alpha value is -0.870. The second-order valence-electron chi connectivity index (χ2n) is 4.42. The molecule has 0 spiro atoms. The number of ether oxygens (including phenoxy) is 1. The zero-order chi connectivity index (χ0) is 11.4. The molecule has 4 heteroatoms. The number of hydrogen-bond donors (Lipinski definition) is 1. The van der Waals surface area contributed by atoms with E-state index in [1.165, 1.54) is 18.5 Å². The fourth-order valence-electron chi connectivity index (χ4n) is 2.37. The Balaban J connectivity index is 1.80. The zero-order valence-electron chi connectivity index (χ0n) is 10.1. The van der Waals surface area contributed by atoms with Crippen molar-refractivity contribution in [2.45, 2.75) is 51.4 Å². The van der Waals surface area contributed by atoms with E-state index >= 15 is 0 Å². The number of aromatic nitrogens is 2. The highest BCUT2D eigenvalue weighted by Gasteiger charge is 2.23. The molecule has 1 aliphatic rings. The van der Waals surface area contributed by atoms with Crippen LogP contribution in [0.3, 0.4) is 0 Å². The molecule has 1 aromatic heterocycles. The topological polar surface area (TPSA) is 39.1 Å². The maximum atomic E-state index is 5.37. The Morgan fingerprint density at radius 1 is 1.56 bits per heavy atom. The molecular weight excluding hydrogens is 202 g/mol. The molecule has 0 saturated heterocycles. The quantitative estimate of drug-likeness (QED) is 0.823. The lowest BCUT2D eigenvalue weighted by molar-refractivity contribution is 0.107. The van der Waals surface area contributed by atoms with Crippen molar-refractivity contribution in [3.05, 3.63) is 18.2 Å². The maximum Gasteiger partial charge on any atom is 0.0948 e. The predicted molar refractivity (Wildman–Crippen MR) is 63.2 cm³/mol. The molecule has 2 unspecified atom stereocenters. The molecular formula is C12H21N3O. The average molecular weight is 223 g/mol. The van der Waals surface area contributed by atoms with Gasteiger partial charge in [-0.05, 0) is 26.2 Å². The third-order valence-electron chi connectivity index (χ3n) is 3.43. The average Bonchev–Trinajstić information content (AvgIpc) is 2.94. The lowest BCUT2D eigenvalue weighted by Crippen LogP contribution is -2.27. The first-order chi connectivity index (χ1) is 7.83. The van der Waals surface area contributed by atoms with Crippen LogP contribution < -0.4 is 5.32 Å². The summed E-state index contributed by atoms with van der Waals surface area (Å²) < 4.78 is 7.54. The third kappa shape index (κ3) is 2.62. The van der Waals surface area contributed by atoms with Gasteiger partial charge in [0, 0.05) is 32.4 Å². The molecule has 1 N–H and O–H groups in total. The maximum absolute atomic E-state index is 5.37. The van der Waals surface area contributed by atoms with E-state index in [0.717, 1.165) is 19.5 Å². The van der Waals surface area contributed by atoms with Crippen LogP contribution in [-0.4, -0.2) is 28.8 Å². The summed E-state index contributed by atoms with van der Waals surface area (Å²) in [4.78, 5) is 4.17. The molecule has 0 radical (unpaired) electrons. The first kappa shape index (κ1) is 11.6. The Labute approximate surface area is 97.0 Å². The molecule has 2 atom stereocenters. The molecule has 0 aliphatic heterocycles. The fourth-order valence-corrected chi connectivity index (χ4v) is 2.37. The van der Waals surface area contributed by atoms with Crippen molar-refractivity contribution in [3.8, 4) is 0 Å². The predicted octanol–water partition coefficient (Wildman–Crippen LogP) is 1.56. The molecule has 1 aliphatic carbocycles. The first-order valence-electron chi connectivity index (χ1n) is 6.08. The summed E-state index contributed by atoms with van der Waals surface area (Å²) >= 11 is 0. The highest BCUT2D eigenvalue weighted by atomic mass is 16.5. The minimum absolute atomic E-state index is 0.452. The van der Waals surface area contributed by atoms with Gasteiger partial charge >= 0.3 is 0 Å². The summed E-state index contributed by atoms with van der Waals surface area (Å²) in [5.74, 6) is 0. The van der Waals surface area contributed by atoms with Crippen molar-refractivity contribution in [1.82, 2.24) is 14.9 Å². The standard InChI is InChI=1S/C12H21N3O/c1-3-15-9-13-7-11(15)8-14-10-4-5-12(6-10)16-2/h7,9-10,12,14H,3-6,8H2,1-2H3. The van der Waals surface area contributed by atoms with Crippen molar-refractivity contribution < 1.29 is 4.74 Å². The number of rotatable bonds is 5. The number of imidazole rings is 1. The van der Waals surface area contributed by atoms with Crippen LogP contribution in [0.2, 0.25) is 0 Å². The van der Waals surface area contributed by atoms with Gasteiger partial charge in [0.2, 0.25) is 0 Å². The summed E-state index contributed by atoms with van der Waals surface area (Å²) in [5, 5.41) is 3.58. The van der Waals surface area contributed by atoms with E-state index in [9.17, 15) is 0 Å². The summed E-state index contributed by atoms with van der Waals surface area (Å²) in [6, 6.07) is 0.602. The summed E-state index contributed by atoms with van der Waals surface area (Å²) in [5.41, 5.74) is 1.27. The van der Waals surface area contributed by atoms with Gasteiger partial charge in [-0.1, -0.05) is 0 Å². The van der Waals surface area contributed by atoms with Gasteiger partial charge in [-0.2, -0.15) is 0 Å². The van der Waals surface area contributed by atoms with Crippen LogP contribution in [0.5, 0.6) is 0 Å². The molecule has 0 aromatic carbocycles. The fraction of sp³-hybridized carbons (Fsp3) is 0.750. The Morgan fingerprint density at radius 2 is 2.44 bits per heavy atom. The number of nitrogens with one attached hydrogen (secondary N) is 1. The van der Waals surface area contributed by atoms with Crippen LogP contribution in [0.4, 0.5) is 0 Å². The second-order valence-corrected chi connectivity index (χ2v) is 4.42. The normalized spacial score (nSPS) is 25.1. The van der Waals surface area contributed by atoms with E-state index in [1.807, 2.05) is 12.5 Å². The van der Waals surface area contributed by atoms with Crippen LogP contribution in [0, 0.1) is 0 Å². The van der Waals surface area contributed by atoms with E-state index in [0.29, 0.717) is 12.1 Å². The van der Waals surface area contributed by atoms with Crippen LogP contribution in [-0.2, 0) is 17.8 Å². The summed E-state index contributed by atoms with van der Waals surface area (Å²) in [7, 11) is 1.80. The van der Waals surface area contributed by atoms with Crippen LogP contribution in [0.1, 0.15) is 31.9 Å². The monoisotopic (exact) mass is 223 g/mol. The lowest BCUT2D eigenvalue weighted by atomic mass is 10.2. The van der Waals surface area contributed by atoms with Crippen molar-refractivity contribution >= 4 is 0 Å². The number of aryl methyl sites for hydroxylation is 1. The van der Waals surface area contributed by atoms with Gasteiger partial charge in [0.15, 0.2) is 0 Å². The molecule has 1 heterocycles. The smallest absolute Gasteiger partial charge is 0.0948 e. The second kappa shape index (κ2) is 5.46. The largest absolute Gasteiger partial charge is 0.381 e. The lowest BCUT2D eigenvalue weighted by Gasteiger charge is -2.13. The molecule has 1 aromatic rings. The molecule has 16 heavy (non-hydrogen) atoms. The Morgan fingerprint density at radius 3 is 3.12 bits per heavy atom. The van der Waals surface area contributed by atoms with E-state index in [4.69, 9.17) is 4.74 Å². The van der Waals surface area contributed by atoms with Gasteiger partial charge in [-0.3, -0.25) is 0 Å². The molecule has 0 amide bonds. The zero-order valence-corrected chi connectivity index (χ0v) is 10.1. The molecule has 2 rings (SSSR count). The minimum atomic E-state index is 0.452. The van der Waals surface area contributed by atoms with Crippen molar-refractivity contribution in [2.75, 3.05) is 7.11 Å². The molecule has 4 nitrogen and oxygen atoms in total. The van der Waals surface area contributed by atoms with Crippen molar-refractivity contribution in [2.24, 2.45) is 0 Å². The van der Waals surface area contributed by atoms with E-state index in [1.54, 1.807) is 7.11 Å². The minimum Gasteiger partial charge on any atom is -0.381 e. The molecule has 90 valence electrons. The first-order valence-corrected chi connectivity index (χ1v) is 6.08. The number of hydrogen-bond acceptors (Lipinski definition) is 3. The van der Waals surface area contributed by atoms with E-state index in [2.05, 4.69) is 21.8 Å².